The second-order valence-electron chi connectivity index (χ2n) is 21.6. The molecule has 0 bridgehead atoms. The Kier molecular flexibility index (Phi) is 35.1. The smallest absolute Gasteiger partial charge is 0 e. The summed E-state index contributed by atoms with van der Waals surface area (Å²) in [5.74, 6) is 0. The van der Waals surface area contributed by atoms with Crippen LogP contribution in [0.4, 0.5) is 0 Å². The van der Waals surface area contributed by atoms with Gasteiger partial charge in [-0.05, 0) is 147 Å². The summed E-state index contributed by atoms with van der Waals surface area (Å²) in [4.78, 5) is 0. The third kappa shape index (κ3) is 25.2. The summed E-state index contributed by atoms with van der Waals surface area (Å²) in [5.41, 5.74) is 0. The van der Waals surface area contributed by atoms with Gasteiger partial charge in [0.05, 0.1) is 0 Å². The molecule has 0 radical (unpaired) electrons. The Balaban J connectivity index is 0.000000163. The van der Waals surface area contributed by atoms with Crippen LogP contribution in [0.1, 0.15) is 51.4 Å². The molecule has 12 aromatic carbocycles. The van der Waals surface area contributed by atoms with Crippen molar-refractivity contribution in [2.24, 2.45) is 0 Å². The Morgan fingerprint density at radius 1 is 0.117 bits per heavy atom. The zero-order valence-corrected chi connectivity index (χ0v) is 58.9. The topological polar surface area (TPSA) is 0 Å². The van der Waals surface area contributed by atoms with Crippen LogP contribution in [0, 0.1) is 0 Å². The Bertz CT molecular complexity index is 3020. The van der Waals surface area contributed by atoms with Crippen LogP contribution in [0.3, 0.4) is 0 Å². The van der Waals surface area contributed by atoms with Crippen molar-refractivity contribution < 1.29 is 33.0 Å². The predicted octanol–water partition coefficient (Wildman–Crippen LogP) is 19.1. The van der Waals surface area contributed by atoms with Gasteiger partial charge in [-0.3, -0.25) is 0 Å². The average Bonchev–Trinajstić information content (AvgIpc) is 0.966. The van der Waals surface area contributed by atoms with E-state index < -0.39 is 31.7 Å². The van der Waals surface area contributed by atoms with Crippen LogP contribution < -0.4 is 63.7 Å². The van der Waals surface area contributed by atoms with E-state index in [1.165, 1.54) is 115 Å². The van der Waals surface area contributed by atoms with Crippen molar-refractivity contribution in [3.05, 3.63) is 413 Å². The Morgan fingerprint density at radius 2 is 0.191 bits per heavy atom. The Morgan fingerprint density at radius 3 is 0.266 bits per heavy atom. The Hall–Kier alpha value is -7.69. The molecular formula is C88H84Ni2P4. The summed E-state index contributed by atoms with van der Waals surface area (Å²) in [6.45, 7) is 0. The molecule has 0 fully saturated rings. The number of allylic oxidation sites excluding steroid dienone is 8. The van der Waals surface area contributed by atoms with Crippen LogP contribution in [-0.2, 0) is 33.0 Å². The number of hydrogen-bond donors (Lipinski definition) is 0. The van der Waals surface area contributed by atoms with Crippen LogP contribution >= 0.6 is 31.7 Å². The maximum Gasteiger partial charge on any atom is 0 e. The molecular weight excluding hydrogens is 1300 g/mol. The monoisotopic (exact) mass is 1380 g/mol. The Labute approximate surface area is 587 Å². The summed E-state index contributed by atoms with van der Waals surface area (Å²) in [5, 5.41) is 16.8. The van der Waals surface area contributed by atoms with Gasteiger partial charge in [0, 0.05) is 33.0 Å². The molecule has 14 rings (SSSR count). The standard InChI is InChI=1S/4C18H15P.2C8H12.2Ni/c4*1-4-10-16(11-5-1)19(17-12-6-2-7-13-17)18-14-8-3-9-15-18;2*1-2-4-6-8-7-5-3-1;;/h4*1-15H;2*1-2,7-8H,3-6H2;;. The van der Waals surface area contributed by atoms with Gasteiger partial charge in [-0.25, -0.2) is 0 Å². The van der Waals surface area contributed by atoms with Gasteiger partial charge < -0.3 is 0 Å². The molecule has 0 amide bonds. The first-order valence-electron chi connectivity index (χ1n) is 32.2. The van der Waals surface area contributed by atoms with Gasteiger partial charge in [0.15, 0.2) is 0 Å². The van der Waals surface area contributed by atoms with Crippen molar-refractivity contribution in [2.45, 2.75) is 51.4 Å². The van der Waals surface area contributed by atoms with Crippen LogP contribution in [0.15, 0.2) is 413 Å². The minimum Gasteiger partial charge on any atom is -0.0882 e. The zero-order chi connectivity index (χ0) is 63.0. The SMILES string of the molecule is C1=CCCC=CCC1.C1=CCCC=CCC1.[Ni].[Ni].c1ccc(P(c2ccccc2)c2ccccc2)cc1.c1ccc(P(c2ccccc2)c2ccccc2)cc1.c1ccc(P(c2ccccc2)c2ccccc2)cc1.c1ccc(P(c2ccccc2)c2ccccc2)cc1. The van der Waals surface area contributed by atoms with Crippen molar-refractivity contribution >= 4 is 95.3 Å². The van der Waals surface area contributed by atoms with Gasteiger partial charge in [-0.1, -0.05) is 413 Å². The van der Waals surface area contributed by atoms with E-state index in [1.54, 1.807) is 0 Å². The number of benzene rings is 12. The first-order chi connectivity index (χ1) is 45.8. The molecule has 0 spiro atoms. The third-order valence-electron chi connectivity index (χ3n) is 14.8. The molecule has 0 N–H and O–H groups in total. The van der Waals surface area contributed by atoms with E-state index in [-0.39, 0.29) is 33.0 Å². The zero-order valence-electron chi connectivity index (χ0n) is 53.3. The molecule has 0 saturated heterocycles. The van der Waals surface area contributed by atoms with E-state index in [2.05, 4.69) is 413 Å². The molecule has 0 heterocycles. The maximum atomic E-state index is 2.27. The molecule has 476 valence electrons. The van der Waals surface area contributed by atoms with Crippen LogP contribution in [0.2, 0.25) is 0 Å². The van der Waals surface area contributed by atoms with E-state index in [0.29, 0.717) is 0 Å². The van der Waals surface area contributed by atoms with E-state index >= 15 is 0 Å². The van der Waals surface area contributed by atoms with Gasteiger partial charge in [-0.15, -0.1) is 0 Å². The van der Waals surface area contributed by atoms with Crippen molar-refractivity contribution in [1.29, 1.82) is 0 Å². The maximum absolute atomic E-state index is 2.27. The molecule has 0 aromatic heterocycles. The quantitative estimate of drug-likeness (QED) is 0.0650. The average molecular weight is 1380 g/mol. The van der Waals surface area contributed by atoms with E-state index in [4.69, 9.17) is 0 Å². The minimum absolute atomic E-state index is 0. The number of hydrogen-bond acceptors (Lipinski definition) is 0. The molecule has 0 nitrogen and oxygen atoms in total. The first kappa shape index (κ1) is 73.7. The van der Waals surface area contributed by atoms with Crippen LogP contribution in [0.5, 0.6) is 0 Å². The van der Waals surface area contributed by atoms with Gasteiger partial charge in [-0.2, -0.15) is 0 Å². The first-order valence-corrected chi connectivity index (χ1v) is 37.6. The van der Waals surface area contributed by atoms with Crippen molar-refractivity contribution in [3.8, 4) is 0 Å². The van der Waals surface area contributed by atoms with Crippen molar-refractivity contribution in [3.63, 3.8) is 0 Å². The number of rotatable bonds is 12. The molecule has 94 heavy (non-hydrogen) atoms. The summed E-state index contributed by atoms with van der Waals surface area (Å²) >= 11 is 0. The van der Waals surface area contributed by atoms with Gasteiger partial charge >= 0.3 is 0 Å². The fourth-order valence-corrected chi connectivity index (χ4v) is 19.6. The summed E-state index contributed by atoms with van der Waals surface area (Å²) < 4.78 is 0. The third-order valence-corrected chi connectivity index (χ3v) is 24.6. The normalized spacial score (nSPS) is 12.0. The molecule has 0 unspecified atom stereocenters. The van der Waals surface area contributed by atoms with E-state index in [9.17, 15) is 0 Å². The summed E-state index contributed by atoms with van der Waals surface area (Å²) in [6, 6.07) is 129. The fraction of sp³-hybridized carbons (Fsp3) is 0.0909. The van der Waals surface area contributed by atoms with Crippen LogP contribution in [-0.4, -0.2) is 0 Å². The summed E-state index contributed by atoms with van der Waals surface area (Å²) in [7, 11) is -1.78. The van der Waals surface area contributed by atoms with E-state index in [1.807, 2.05) is 0 Å². The molecule has 0 saturated carbocycles. The molecule has 2 aliphatic rings. The molecule has 0 atom stereocenters. The van der Waals surface area contributed by atoms with Gasteiger partial charge in [0.25, 0.3) is 0 Å². The van der Waals surface area contributed by atoms with Crippen molar-refractivity contribution in [1.82, 2.24) is 0 Å². The van der Waals surface area contributed by atoms with Crippen molar-refractivity contribution in [2.75, 3.05) is 0 Å². The van der Waals surface area contributed by atoms with E-state index in [0.717, 1.165) is 0 Å². The second-order valence-corrected chi connectivity index (χ2v) is 30.4. The molecule has 6 heteroatoms. The summed E-state index contributed by atoms with van der Waals surface area (Å²) in [6.07, 6.45) is 28.0. The predicted molar refractivity (Wildman–Crippen MR) is 414 cm³/mol. The fourth-order valence-electron chi connectivity index (χ4n) is 10.4. The molecule has 0 aliphatic heterocycles. The molecule has 12 aromatic rings. The van der Waals surface area contributed by atoms with Crippen LogP contribution in [0.25, 0.3) is 0 Å². The largest absolute Gasteiger partial charge is 0.0882 e. The van der Waals surface area contributed by atoms with Gasteiger partial charge in [0.2, 0.25) is 0 Å². The van der Waals surface area contributed by atoms with Gasteiger partial charge in [0.1, 0.15) is 0 Å². The molecule has 2 aliphatic carbocycles. The minimum atomic E-state index is -0.446. The second kappa shape index (κ2) is 44.8.